The summed E-state index contributed by atoms with van der Waals surface area (Å²) in [6, 6.07) is -0.0941. The van der Waals surface area contributed by atoms with Crippen LogP contribution in [-0.4, -0.2) is 18.6 Å². The van der Waals surface area contributed by atoms with Crippen molar-refractivity contribution in [3.05, 3.63) is 24.3 Å². The Kier molecular flexibility index (Phi) is 7.64. The van der Waals surface area contributed by atoms with Crippen molar-refractivity contribution in [2.45, 2.75) is 39.2 Å². The molecule has 0 saturated heterocycles. The molecule has 3 nitrogen and oxygen atoms in total. The van der Waals surface area contributed by atoms with Gasteiger partial charge in [0.2, 0.25) is 0 Å². The van der Waals surface area contributed by atoms with Crippen LogP contribution < -0.4 is 5.73 Å². The molecule has 0 bridgehead atoms. The first-order valence-corrected chi connectivity index (χ1v) is 5.33. The lowest BCUT2D eigenvalue weighted by Crippen LogP contribution is -2.15. The summed E-state index contributed by atoms with van der Waals surface area (Å²) in [6.45, 7) is 7.86. The molecule has 0 aromatic rings. The topological polar surface area (TPSA) is 52.3 Å². The molecule has 0 heterocycles. The second kappa shape index (κ2) is 8.24. The van der Waals surface area contributed by atoms with E-state index in [0.717, 1.165) is 12.8 Å². The molecule has 0 aromatic carbocycles. The van der Waals surface area contributed by atoms with Crippen LogP contribution in [0.25, 0.3) is 0 Å². The average Bonchev–Trinajstić information content (AvgIpc) is 2.25. The molecule has 0 aliphatic carbocycles. The fourth-order valence-electron chi connectivity index (χ4n) is 0.915. The Morgan fingerprint density at radius 1 is 1.60 bits per heavy atom. The molecule has 0 rings (SSSR count). The maximum absolute atomic E-state index is 11.4. The van der Waals surface area contributed by atoms with Crippen molar-refractivity contribution in [1.82, 2.24) is 0 Å². The van der Waals surface area contributed by atoms with Gasteiger partial charge in [0.1, 0.15) is 0 Å². The van der Waals surface area contributed by atoms with Crippen molar-refractivity contribution in [2.24, 2.45) is 5.73 Å². The number of rotatable bonds is 7. The summed E-state index contributed by atoms with van der Waals surface area (Å²) >= 11 is 0. The van der Waals surface area contributed by atoms with Gasteiger partial charge in [-0.25, -0.2) is 4.79 Å². The van der Waals surface area contributed by atoms with Crippen molar-refractivity contribution in [1.29, 1.82) is 0 Å². The van der Waals surface area contributed by atoms with Crippen LogP contribution in [0.1, 0.15) is 33.1 Å². The van der Waals surface area contributed by atoms with Gasteiger partial charge in [-0.1, -0.05) is 25.5 Å². The molecule has 2 N–H and O–H groups in total. The lowest BCUT2D eigenvalue weighted by atomic mass is 10.1. The predicted octanol–water partition coefficient (Wildman–Crippen LogP) is 2.18. The zero-order valence-electron chi connectivity index (χ0n) is 9.66. The third-order valence-corrected chi connectivity index (χ3v) is 2.05. The lowest BCUT2D eigenvalue weighted by molar-refractivity contribution is -0.139. The zero-order chi connectivity index (χ0) is 11.7. The second-order valence-corrected chi connectivity index (χ2v) is 3.51. The number of esters is 1. The number of carbonyl (C=O) groups excluding carboxylic acids is 1. The molecule has 0 spiro atoms. The fraction of sp³-hybridized carbons (Fsp3) is 0.583. The molecule has 0 amide bonds. The van der Waals surface area contributed by atoms with Crippen LogP contribution in [-0.2, 0) is 9.53 Å². The summed E-state index contributed by atoms with van der Waals surface area (Å²) in [5, 5.41) is 0. The van der Waals surface area contributed by atoms with E-state index >= 15 is 0 Å². The first-order chi connectivity index (χ1) is 7.11. The Balaban J connectivity index is 3.90. The molecule has 0 aliphatic rings. The van der Waals surface area contributed by atoms with Crippen molar-refractivity contribution < 1.29 is 9.53 Å². The van der Waals surface area contributed by atoms with E-state index in [0.29, 0.717) is 18.6 Å². The van der Waals surface area contributed by atoms with E-state index in [4.69, 9.17) is 10.5 Å². The van der Waals surface area contributed by atoms with Gasteiger partial charge in [0.15, 0.2) is 0 Å². The van der Waals surface area contributed by atoms with Crippen LogP contribution in [0.3, 0.4) is 0 Å². The van der Waals surface area contributed by atoms with E-state index in [9.17, 15) is 4.79 Å². The highest BCUT2D eigenvalue weighted by molar-refractivity contribution is 5.87. The monoisotopic (exact) mass is 211 g/mol. The minimum Gasteiger partial charge on any atom is -0.462 e. The van der Waals surface area contributed by atoms with Gasteiger partial charge in [0.25, 0.3) is 0 Å². The molecule has 86 valence electrons. The summed E-state index contributed by atoms with van der Waals surface area (Å²) in [7, 11) is 0. The van der Waals surface area contributed by atoms with Crippen LogP contribution in [0.2, 0.25) is 0 Å². The number of carbonyl (C=O) groups is 1. The molecule has 3 heteroatoms. The van der Waals surface area contributed by atoms with Gasteiger partial charge >= 0.3 is 5.97 Å². The molecule has 0 radical (unpaired) electrons. The Hall–Kier alpha value is -1.09. The maximum Gasteiger partial charge on any atom is 0.333 e. The largest absolute Gasteiger partial charge is 0.462 e. The van der Waals surface area contributed by atoms with Crippen LogP contribution in [0.5, 0.6) is 0 Å². The van der Waals surface area contributed by atoms with E-state index in [-0.39, 0.29) is 12.0 Å². The third-order valence-electron chi connectivity index (χ3n) is 2.05. The molecule has 15 heavy (non-hydrogen) atoms. The van der Waals surface area contributed by atoms with Crippen molar-refractivity contribution in [3.8, 4) is 0 Å². The van der Waals surface area contributed by atoms with Crippen LogP contribution >= 0.6 is 0 Å². The summed E-state index contributed by atoms with van der Waals surface area (Å²) in [4.78, 5) is 11.4. The van der Waals surface area contributed by atoms with Crippen LogP contribution in [0, 0.1) is 0 Å². The normalized spacial score (nSPS) is 13.4. The Morgan fingerprint density at radius 2 is 2.27 bits per heavy atom. The molecule has 0 fully saturated rings. The van der Waals surface area contributed by atoms with E-state index in [2.05, 4.69) is 13.5 Å². The summed E-state index contributed by atoms with van der Waals surface area (Å²) in [5.74, 6) is -0.250. The molecule has 0 aliphatic heterocycles. The van der Waals surface area contributed by atoms with Crippen molar-refractivity contribution >= 4 is 5.97 Å². The fourth-order valence-corrected chi connectivity index (χ4v) is 0.915. The second-order valence-electron chi connectivity index (χ2n) is 3.51. The molecule has 1 unspecified atom stereocenters. The third kappa shape index (κ3) is 6.91. The van der Waals surface area contributed by atoms with Crippen LogP contribution in [0.4, 0.5) is 0 Å². The molecule has 1 atom stereocenters. The van der Waals surface area contributed by atoms with Gasteiger partial charge in [-0.2, -0.15) is 0 Å². The SMILES string of the molecule is C=CC(N)CC=C(C)C(=O)OCCCC. The van der Waals surface area contributed by atoms with Gasteiger partial charge in [0.05, 0.1) is 6.61 Å². The van der Waals surface area contributed by atoms with E-state index in [1.807, 2.05) is 0 Å². The van der Waals surface area contributed by atoms with E-state index in [1.54, 1.807) is 19.1 Å². The highest BCUT2D eigenvalue weighted by Gasteiger charge is 2.05. The van der Waals surface area contributed by atoms with Crippen molar-refractivity contribution in [3.63, 3.8) is 0 Å². The molecule has 0 saturated carbocycles. The Morgan fingerprint density at radius 3 is 2.80 bits per heavy atom. The van der Waals surface area contributed by atoms with Gasteiger partial charge in [-0.15, -0.1) is 6.58 Å². The average molecular weight is 211 g/mol. The molecule has 0 aromatic heterocycles. The summed E-state index contributed by atoms with van der Waals surface area (Å²) in [5.41, 5.74) is 6.24. The van der Waals surface area contributed by atoms with E-state index < -0.39 is 0 Å². The first kappa shape index (κ1) is 13.9. The van der Waals surface area contributed by atoms with E-state index in [1.165, 1.54) is 0 Å². The maximum atomic E-state index is 11.4. The standard InChI is InChI=1S/C12H21NO2/c1-4-6-9-15-12(14)10(3)7-8-11(13)5-2/h5,7,11H,2,4,6,8-9,13H2,1,3H3. The molecular weight excluding hydrogens is 190 g/mol. The zero-order valence-corrected chi connectivity index (χ0v) is 9.66. The smallest absolute Gasteiger partial charge is 0.333 e. The van der Waals surface area contributed by atoms with Gasteiger partial charge < -0.3 is 10.5 Å². The van der Waals surface area contributed by atoms with Gasteiger partial charge in [-0.05, 0) is 19.8 Å². The summed E-state index contributed by atoms with van der Waals surface area (Å²) in [6.07, 6.45) is 6.01. The minimum absolute atomic E-state index is 0.0941. The number of unbranched alkanes of at least 4 members (excludes halogenated alkanes) is 1. The number of nitrogens with two attached hydrogens (primary N) is 1. The van der Waals surface area contributed by atoms with Gasteiger partial charge in [0, 0.05) is 11.6 Å². The predicted molar refractivity (Wildman–Crippen MR) is 62.4 cm³/mol. The number of hydrogen-bond donors (Lipinski definition) is 1. The highest BCUT2D eigenvalue weighted by atomic mass is 16.5. The van der Waals surface area contributed by atoms with Gasteiger partial charge in [-0.3, -0.25) is 0 Å². The van der Waals surface area contributed by atoms with Crippen LogP contribution in [0.15, 0.2) is 24.3 Å². The van der Waals surface area contributed by atoms with Crippen molar-refractivity contribution in [2.75, 3.05) is 6.61 Å². The summed E-state index contributed by atoms with van der Waals surface area (Å²) < 4.78 is 5.04. The molecular formula is C12H21NO2. The quantitative estimate of drug-likeness (QED) is 0.304. The minimum atomic E-state index is -0.250. The number of hydrogen-bond acceptors (Lipinski definition) is 3. The lowest BCUT2D eigenvalue weighted by Gasteiger charge is -2.05. The highest BCUT2D eigenvalue weighted by Crippen LogP contribution is 2.02. The first-order valence-electron chi connectivity index (χ1n) is 5.33. The number of ether oxygens (including phenoxy) is 1. The Labute approximate surface area is 92.0 Å². The Bertz CT molecular complexity index is 234.